The molecule has 0 aliphatic carbocycles. The third kappa shape index (κ3) is 2.63. The molecule has 2 aliphatic heterocycles. The maximum absolute atomic E-state index is 12.5. The van der Waals surface area contributed by atoms with Gasteiger partial charge in [-0.1, -0.05) is 6.07 Å². The summed E-state index contributed by atoms with van der Waals surface area (Å²) in [5, 5.41) is 0. The summed E-state index contributed by atoms with van der Waals surface area (Å²) in [6.45, 7) is 1.33. The molecule has 4 heterocycles. The van der Waals surface area contributed by atoms with Gasteiger partial charge in [-0.25, -0.2) is 0 Å². The topological polar surface area (TPSA) is 55.6 Å². The summed E-state index contributed by atoms with van der Waals surface area (Å²) in [5.74, 6) is 0.327. The molecule has 5 heteroatoms. The molecule has 1 atom stereocenters. The molecule has 118 valence electrons. The molecule has 1 saturated heterocycles. The van der Waals surface area contributed by atoms with Gasteiger partial charge in [0.2, 0.25) is 0 Å². The fourth-order valence-electron chi connectivity index (χ4n) is 3.42. The van der Waals surface area contributed by atoms with Crippen molar-refractivity contribution in [3.8, 4) is 0 Å². The zero-order valence-corrected chi connectivity index (χ0v) is 12.8. The zero-order valence-electron chi connectivity index (χ0n) is 12.8. The molecule has 1 amide bonds. The quantitative estimate of drug-likeness (QED) is 0.855. The first-order chi connectivity index (χ1) is 11.3. The highest BCUT2D eigenvalue weighted by molar-refractivity contribution is 5.91. The normalized spacial score (nSPS) is 23.7. The highest BCUT2D eigenvalue weighted by Crippen LogP contribution is 2.40. The number of aromatic nitrogens is 1. The summed E-state index contributed by atoms with van der Waals surface area (Å²) < 4.78 is 11.3. The first-order valence-corrected chi connectivity index (χ1v) is 7.86. The van der Waals surface area contributed by atoms with Crippen LogP contribution in [0.1, 0.15) is 35.4 Å². The SMILES string of the molecule is O=C(c1ccco1)N1CCCC2(CC(c3cccnc3)=CO2)C1. The average molecular weight is 310 g/mol. The van der Waals surface area contributed by atoms with Gasteiger partial charge in [-0.3, -0.25) is 9.78 Å². The maximum Gasteiger partial charge on any atom is 0.289 e. The number of carbonyl (C=O) groups excluding carboxylic acids is 1. The number of ether oxygens (including phenoxy) is 1. The molecule has 2 aromatic heterocycles. The van der Waals surface area contributed by atoms with Gasteiger partial charge in [0.1, 0.15) is 5.60 Å². The number of piperidine rings is 1. The van der Waals surface area contributed by atoms with Crippen LogP contribution in [0.4, 0.5) is 0 Å². The van der Waals surface area contributed by atoms with Crippen LogP contribution < -0.4 is 0 Å². The van der Waals surface area contributed by atoms with Crippen LogP contribution in [0.5, 0.6) is 0 Å². The molecule has 4 rings (SSSR count). The van der Waals surface area contributed by atoms with E-state index in [0.717, 1.165) is 36.9 Å². The van der Waals surface area contributed by atoms with Crippen LogP contribution in [0.25, 0.3) is 5.57 Å². The molecule has 1 spiro atoms. The molecule has 0 aromatic carbocycles. The molecule has 0 radical (unpaired) electrons. The number of amides is 1. The van der Waals surface area contributed by atoms with Crippen LogP contribution in [-0.2, 0) is 4.74 Å². The smallest absolute Gasteiger partial charge is 0.289 e. The minimum absolute atomic E-state index is 0.0625. The van der Waals surface area contributed by atoms with Crippen molar-refractivity contribution >= 4 is 11.5 Å². The van der Waals surface area contributed by atoms with Gasteiger partial charge in [0.15, 0.2) is 5.76 Å². The Balaban J connectivity index is 1.49. The van der Waals surface area contributed by atoms with Crippen LogP contribution in [0.3, 0.4) is 0 Å². The first-order valence-electron chi connectivity index (χ1n) is 7.86. The Morgan fingerprint density at radius 1 is 1.30 bits per heavy atom. The molecule has 0 saturated carbocycles. The lowest BCUT2D eigenvalue weighted by molar-refractivity contribution is -0.0198. The fraction of sp³-hybridized carbons (Fsp3) is 0.333. The summed E-state index contributed by atoms with van der Waals surface area (Å²) in [7, 11) is 0. The second-order valence-electron chi connectivity index (χ2n) is 6.17. The van der Waals surface area contributed by atoms with Gasteiger partial charge in [0.05, 0.1) is 19.1 Å². The third-order valence-corrected chi connectivity index (χ3v) is 4.55. The lowest BCUT2D eigenvalue weighted by atomic mass is 9.86. The standard InChI is InChI=1S/C18H18N2O3/c21-17(16-5-2-9-22-16)20-8-3-6-18(13-20)10-15(12-23-18)14-4-1-7-19-11-14/h1-2,4-5,7,9,11-12H,3,6,8,10,13H2. The van der Waals surface area contributed by atoms with Gasteiger partial charge in [-0.2, -0.15) is 0 Å². The number of nitrogens with zero attached hydrogens (tertiary/aromatic N) is 2. The van der Waals surface area contributed by atoms with Crippen molar-refractivity contribution in [3.63, 3.8) is 0 Å². The molecular weight excluding hydrogens is 292 g/mol. The van der Waals surface area contributed by atoms with Gasteiger partial charge < -0.3 is 14.1 Å². The second kappa shape index (κ2) is 5.57. The Kier molecular flexibility index (Phi) is 3.41. The number of likely N-dealkylation sites (tertiary alicyclic amines) is 1. The molecule has 23 heavy (non-hydrogen) atoms. The second-order valence-corrected chi connectivity index (χ2v) is 6.17. The number of rotatable bonds is 2. The lowest BCUT2D eigenvalue weighted by Crippen LogP contribution is -2.50. The number of carbonyl (C=O) groups is 1. The third-order valence-electron chi connectivity index (χ3n) is 4.55. The average Bonchev–Trinajstić information content (AvgIpc) is 3.26. The number of pyridine rings is 1. The molecule has 5 nitrogen and oxygen atoms in total. The van der Waals surface area contributed by atoms with Crippen molar-refractivity contribution < 1.29 is 13.9 Å². The first kappa shape index (κ1) is 14.1. The summed E-state index contributed by atoms with van der Waals surface area (Å²) >= 11 is 0. The van der Waals surface area contributed by atoms with E-state index in [-0.39, 0.29) is 11.5 Å². The Morgan fingerprint density at radius 2 is 2.26 bits per heavy atom. The van der Waals surface area contributed by atoms with Crippen LogP contribution in [0.15, 0.2) is 53.6 Å². The van der Waals surface area contributed by atoms with Gasteiger partial charge in [0.25, 0.3) is 5.91 Å². The van der Waals surface area contributed by atoms with Gasteiger partial charge in [-0.15, -0.1) is 0 Å². The van der Waals surface area contributed by atoms with E-state index < -0.39 is 0 Å². The Bertz CT molecular complexity index is 724. The van der Waals surface area contributed by atoms with Crippen LogP contribution in [-0.4, -0.2) is 34.5 Å². The molecule has 2 aromatic rings. The van der Waals surface area contributed by atoms with E-state index >= 15 is 0 Å². The van der Waals surface area contributed by atoms with Crippen LogP contribution >= 0.6 is 0 Å². The highest BCUT2D eigenvalue weighted by atomic mass is 16.5. The largest absolute Gasteiger partial charge is 0.492 e. The lowest BCUT2D eigenvalue weighted by Gasteiger charge is -2.39. The number of hydrogen-bond acceptors (Lipinski definition) is 4. The van der Waals surface area contributed by atoms with Crippen molar-refractivity contribution in [1.82, 2.24) is 9.88 Å². The molecule has 0 N–H and O–H groups in total. The Morgan fingerprint density at radius 3 is 3.04 bits per heavy atom. The van der Waals surface area contributed by atoms with Gasteiger partial charge >= 0.3 is 0 Å². The van der Waals surface area contributed by atoms with E-state index in [1.165, 1.54) is 6.26 Å². The van der Waals surface area contributed by atoms with Crippen molar-refractivity contribution in [1.29, 1.82) is 0 Å². The summed E-state index contributed by atoms with van der Waals surface area (Å²) in [6.07, 6.45) is 9.66. The maximum atomic E-state index is 12.5. The Hall–Kier alpha value is -2.56. The molecule has 1 fully saturated rings. The summed E-state index contributed by atoms with van der Waals surface area (Å²) in [4.78, 5) is 18.5. The fourth-order valence-corrected chi connectivity index (χ4v) is 3.42. The predicted molar refractivity (Wildman–Crippen MR) is 84.5 cm³/mol. The van der Waals surface area contributed by atoms with E-state index in [4.69, 9.17) is 9.15 Å². The van der Waals surface area contributed by atoms with Crippen LogP contribution in [0, 0.1) is 0 Å². The van der Waals surface area contributed by atoms with Crippen molar-refractivity contribution in [2.75, 3.05) is 13.1 Å². The summed E-state index contributed by atoms with van der Waals surface area (Å²) in [6, 6.07) is 7.41. The zero-order chi connectivity index (χ0) is 15.7. The van der Waals surface area contributed by atoms with E-state index in [2.05, 4.69) is 4.98 Å². The molecule has 1 unspecified atom stereocenters. The minimum atomic E-state index is -0.314. The molecule has 2 aliphatic rings. The van der Waals surface area contributed by atoms with E-state index in [1.54, 1.807) is 18.3 Å². The summed E-state index contributed by atoms with van der Waals surface area (Å²) in [5.41, 5.74) is 1.91. The number of hydrogen-bond donors (Lipinski definition) is 0. The van der Waals surface area contributed by atoms with Crippen molar-refractivity contribution in [2.45, 2.75) is 24.9 Å². The van der Waals surface area contributed by atoms with E-state index in [1.807, 2.05) is 29.5 Å². The van der Waals surface area contributed by atoms with Gasteiger partial charge in [-0.05, 0) is 42.2 Å². The molecular formula is C18H18N2O3. The van der Waals surface area contributed by atoms with E-state index in [9.17, 15) is 4.79 Å². The van der Waals surface area contributed by atoms with Gasteiger partial charge in [0, 0.05) is 25.4 Å². The van der Waals surface area contributed by atoms with Crippen molar-refractivity contribution in [3.05, 3.63) is 60.5 Å². The monoisotopic (exact) mass is 310 g/mol. The van der Waals surface area contributed by atoms with Crippen molar-refractivity contribution in [2.24, 2.45) is 0 Å². The predicted octanol–water partition coefficient (Wildman–Crippen LogP) is 3.11. The Labute approximate surface area is 134 Å². The molecule has 0 bridgehead atoms. The van der Waals surface area contributed by atoms with Crippen LogP contribution in [0.2, 0.25) is 0 Å². The highest BCUT2D eigenvalue weighted by Gasteiger charge is 2.42. The minimum Gasteiger partial charge on any atom is -0.492 e. The van der Waals surface area contributed by atoms with E-state index in [0.29, 0.717) is 12.3 Å². The number of furan rings is 1.